The molecule has 10 rings (SSSR count). The first-order valence-corrected chi connectivity index (χ1v) is 17.8. The van der Waals surface area contributed by atoms with Crippen LogP contribution in [0.1, 0.15) is 70.2 Å². The van der Waals surface area contributed by atoms with E-state index in [9.17, 15) is 0 Å². The van der Waals surface area contributed by atoms with Crippen molar-refractivity contribution in [1.29, 1.82) is 0 Å². The van der Waals surface area contributed by atoms with Crippen LogP contribution < -0.4 is 30.8 Å². The van der Waals surface area contributed by atoms with E-state index in [1.165, 1.54) is 44.3 Å². The van der Waals surface area contributed by atoms with Crippen LogP contribution in [0.3, 0.4) is 0 Å². The van der Waals surface area contributed by atoms with E-state index in [1.54, 1.807) is 6.20 Å². The maximum atomic E-state index is 6.76. The first-order chi connectivity index (χ1) is 24.0. The van der Waals surface area contributed by atoms with Crippen LogP contribution in [0.25, 0.3) is 11.1 Å². The molecule has 5 heteroatoms. The van der Waals surface area contributed by atoms with Gasteiger partial charge in [0.05, 0.1) is 0 Å². The van der Waals surface area contributed by atoms with Crippen LogP contribution in [0.4, 0.5) is 17.1 Å². The van der Waals surface area contributed by atoms with Crippen molar-refractivity contribution in [3.05, 3.63) is 138 Å². The van der Waals surface area contributed by atoms with E-state index < -0.39 is 0 Å². The largest absolute Gasteiger partial charge is 0.458 e. The van der Waals surface area contributed by atoms with Crippen molar-refractivity contribution in [3.8, 4) is 34.3 Å². The van der Waals surface area contributed by atoms with E-state index in [4.69, 9.17) is 14.5 Å². The summed E-state index contributed by atoms with van der Waals surface area (Å²) in [4.78, 5) is 7.09. The van der Waals surface area contributed by atoms with Crippen LogP contribution in [-0.4, -0.2) is 11.7 Å². The molecule has 0 saturated carbocycles. The molecule has 0 unspecified atom stereocenters. The van der Waals surface area contributed by atoms with Crippen molar-refractivity contribution in [3.63, 3.8) is 0 Å². The molecular weight excluding hydrogens is 611 g/mol. The fourth-order valence-corrected chi connectivity index (χ4v) is 9.72. The van der Waals surface area contributed by atoms with E-state index in [0.29, 0.717) is 5.88 Å². The number of fused-ring (bicyclic) bond motifs is 8. The second-order valence-electron chi connectivity index (χ2n) is 16.3. The molecule has 2 aliphatic carbocycles. The van der Waals surface area contributed by atoms with Gasteiger partial charge in [-0.25, -0.2) is 4.98 Å². The number of aromatic nitrogens is 1. The van der Waals surface area contributed by atoms with Gasteiger partial charge >= 0.3 is 0 Å². The lowest BCUT2D eigenvalue weighted by molar-refractivity contribution is 0.402. The highest BCUT2D eigenvalue weighted by molar-refractivity contribution is 6.98. The van der Waals surface area contributed by atoms with Gasteiger partial charge in [0.1, 0.15) is 17.2 Å². The Kier molecular flexibility index (Phi) is 5.87. The molecule has 3 heterocycles. The predicted molar refractivity (Wildman–Crippen MR) is 205 cm³/mol. The van der Waals surface area contributed by atoms with Crippen molar-refractivity contribution < 1.29 is 9.47 Å². The minimum atomic E-state index is -0.231. The van der Waals surface area contributed by atoms with E-state index in [2.05, 4.69) is 150 Å². The van der Waals surface area contributed by atoms with Gasteiger partial charge in [0.25, 0.3) is 6.71 Å². The highest BCUT2D eigenvalue weighted by Crippen LogP contribution is 2.53. The lowest BCUT2D eigenvalue weighted by Gasteiger charge is -2.34. The summed E-state index contributed by atoms with van der Waals surface area (Å²) in [5.41, 5.74) is 14.7. The normalized spacial score (nSPS) is 17.3. The van der Waals surface area contributed by atoms with E-state index in [0.717, 1.165) is 46.2 Å². The SMILES string of the molecule is CC1(C)CC(C)(C)c2cc3c(cc21)Oc1nccc2c1B3c1cc3c(cc1O2)-c1ccc(N(c2ccccc2)c2ccccc2)cc1C3(C)C. The fourth-order valence-electron chi connectivity index (χ4n) is 9.72. The maximum absolute atomic E-state index is 6.76. The van der Waals surface area contributed by atoms with Crippen molar-refractivity contribution in [2.75, 3.05) is 4.90 Å². The summed E-state index contributed by atoms with van der Waals surface area (Å²) >= 11 is 0. The lowest BCUT2D eigenvalue weighted by atomic mass is 9.34. The molecule has 0 saturated heterocycles. The van der Waals surface area contributed by atoms with Crippen LogP contribution in [-0.2, 0) is 16.2 Å². The fraction of sp³-hybridized carbons (Fsp3) is 0.222. The number of para-hydroxylation sites is 2. The summed E-state index contributed by atoms with van der Waals surface area (Å²) < 4.78 is 13.4. The Balaban J connectivity index is 1.14. The molecule has 0 atom stereocenters. The summed E-state index contributed by atoms with van der Waals surface area (Å²) in [5, 5.41) is 0. The summed E-state index contributed by atoms with van der Waals surface area (Å²) in [7, 11) is 0. The topological polar surface area (TPSA) is 34.6 Å². The van der Waals surface area contributed by atoms with Crippen LogP contribution in [0.15, 0.2) is 115 Å². The molecule has 0 amide bonds. The summed E-state index contributed by atoms with van der Waals surface area (Å²) in [6.45, 7) is 14.2. The zero-order valence-electron chi connectivity index (χ0n) is 29.5. The molecule has 5 aromatic carbocycles. The molecule has 2 aliphatic heterocycles. The Labute approximate surface area is 294 Å². The average molecular weight is 651 g/mol. The Morgan fingerprint density at radius 1 is 0.560 bits per heavy atom. The van der Waals surface area contributed by atoms with Crippen molar-refractivity contribution in [2.24, 2.45) is 0 Å². The third-order valence-corrected chi connectivity index (χ3v) is 11.8. The van der Waals surface area contributed by atoms with Gasteiger partial charge in [-0.2, -0.15) is 0 Å². The van der Waals surface area contributed by atoms with Crippen LogP contribution in [0.2, 0.25) is 0 Å². The first kappa shape index (κ1) is 29.6. The number of rotatable bonds is 3. The molecule has 0 spiro atoms. The summed E-state index contributed by atoms with van der Waals surface area (Å²) in [6, 6.07) is 39.7. The molecule has 0 bridgehead atoms. The standard InChI is InChI=1S/C45H39BN2O2/c1-43(2)26-44(3,4)35-25-40-37(24-34(35)43)46-36-23-33-31(22-39(36)49-38-19-20-47-42(50-40)41(38)46)30-18-17-29(21-32(30)45(33,5)6)48(27-13-9-7-10-14-27)28-15-11-8-12-16-28/h7-25H,26H2,1-6H3. The Morgan fingerprint density at radius 3 is 1.84 bits per heavy atom. The summed E-state index contributed by atoms with van der Waals surface area (Å²) in [5.74, 6) is 3.30. The highest BCUT2D eigenvalue weighted by atomic mass is 16.5. The van der Waals surface area contributed by atoms with Crippen LogP contribution >= 0.6 is 0 Å². The number of pyridine rings is 1. The molecular formula is C45H39BN2O2. The third-order valence-electron chi connectivity index (χ3n) is 11.8. The quantitative estimate of drug-likeness (QED) is 0.179. The Hall–Kier alpha value is -5.29. The smallest absolute Gasteiger partial charge is 0.262 e. The van der Waals surface area contributed by atoms with Gasteiger partial charge in [0.2, 0.25) is 5.88 Å². The van der Waals surface area contributed by atoms with Gasteiger partial charge in [-0.1, -0.05) is 96.1 Å². The van der Waals surface area contributed by atoms with Gasteiger partial charge < -0.3 is 14.4 Å². The number of ether oxygens (including phenoxy) is 2. The monoisotopic (exact) mass is 650 g/mol. The molecule has 0 radical (unpaired) electrons. The average Bonchev–Trinajstić information content (AvgIpc) is 3.43. The molecule has 0 N–H and O–H groups in total. The van der Waals surface area contributed by atoms with E-state index >= 15 is 0 Å². The summed E-state index contributed by atoms with van der Waals surface area (Å²) in [6.07, 6.45) is 2.91. The van der Waals surface area contributed by atoms with Gasteiger partial charge in [-0.3, -0.25) is 0 Å². The Morgan fingerprint density at radius 2 is 1.16 bits per heavy atom. The second-order valence-corrected chi connectivity index (χ2v) is 16.3. The Bertz CT molecular complexity index is 2360. The minimum absolute atomic E-state index is 0.0296. The van der Waals surface area contributed by atoms with Crippen molar-refractivity contribution in [2.45, 2.75) is 64.2 Å². The number of anilines is 3. The minimum Gasteiger partial charge on any atom is -0.458 e. The van der Waals surface area contributed by atoms with Gasteiger partial charge in [0.15, 0.2) is 0 Å². The number of hydrogen-bond donors (Lipinski definition) is 0. The molecule has 4 nitrogen and oxygen atoms in total. The van der Waals surface area contributed by atoms with Gasteiger partial charge in [-0.15, -0.1) is 0 Å². The lowest BCUT2D eigenvalue weighted by Crippen LogP contribution is -2.58. The van der Waals surface area contributed by atoms with Crippen molar-refractivity contribution >= 4 is 40.2 Å². The molecule has 50 heavy (non-hydrogen) atoms. The molecule has 244 valence electrons. The molecule has 1 aromatic heterocycles. The van der Waals surface area contributed by atoms with E-state index in [1.807, 2.05) is 6.07 Å². The van der Waals surface area contributed by atoms with Gasteiger partial charge in [0, 0.05) is 34.1 Å². The predicted octanol–water partition coefficient (Wildman–Crippen LogP) is 9.54. The third kappa shape index (κ3) is 4.04. The van der Waals surface area contributed by atoms with Crippen LogP contribution in [0.5, 0.6) is 23.1 Å². The van der Waals surface area contributed by atoms with Gasteiger partial charge in [-0.05, 0) is 116 Å². The number of hydrogen-bond acceptors (Lipinski definition) is 4. The molecule has 4 aliphatic rings. The zero-order valence-corrected chi connectivity index (χ0v) is 29.5. The zero-order chi connectivity index (χ0) is 34.2. The molecule has 0 fully saturated rings. The highest BCUT2D eigenvalue weighted by Gasteiger charge is 2.48. The van der Waals surface area contributed by atoms with E-state index in [-0.39, 0.29) is 23.0 Å². The van der Waals surface area contributed by atoms with Crippen LogP contribution in [0, 0.1) is 0 Å². The maximum Gasteiger partial charge on any atom is 0.262 e. The first-order valence-electron chi connectivity index (χ1n) is 17.8. The second kappa shape index (κ2) is 9.91. The number of nitrogens with zero attached hydrogens (tertiary/aromatic N) is 2. The molecule has 6 aromatic rings. The van der Waals surface area contributed by atoms with Crippen molar-refractivity contribution in [1.82, 2.24) is 4.98 Å². The number of benzene rings is 5.